The van der Waals surface area contributed by atoms with Crippen LogP contribution in [-0.2, 0) is 11.2 Å². The first-order valence-corrected chi connectivity index (χ1v) is 5.61. The SMILES string of the molecule is Cc1ccc(CC(=O)C(C)C2CC2)nc1. The van der Waals surface area contributed by atoms with Crippen molar-refractivity contribution in [3.8, 4) is 0 Å². The minimum atomic E-state index is 0.230. The van der Waals surface area contributed by atoms with E-state index in [1.54, 1.807) is 0 Å². The van der Waals surface area contributed by atoms with E-state index in [-0.39, 0.29) is 5.92 Å². The molecular formula is C13H17NO. The Kier molecular flexibility index (Phi) is 2.85. The lowest BCUT2D eigenvalue weighted by molar-refractivity contribution is -0.122. The first kappa shape index (κ1) is 10.3. The van der Waals surface area contributed by atoms with Gasteiger partial charge in [0.05, 0.1) is 0 Å². The summed E-state index contributed by atoms with van der Waals surface area (Å²) in [6.07, 6.45) is 4.78. The second-order valence-electron chi connectivity index (χ2n) is 4.60. The largest absolute Gasteiger partial charge is 0.299 e. The first-order chi connectivity index (χ1) is 7.16. The van der Waals surface area contributed by atoms with Gasteiger partial charge in [-0.15, -0.1) is 0 Å². The zero-order chi connectivity index (χ0) is 10.8. The predicted octanol–water partition coefficient (Wildman–Crippen LogP) is 2.55. The number of pyridine rings is 1. The Hall–Kier alpha value is -1.18. The van der Waals surface area contributed by atoms with Gasteiger partial charge in [0.2, 0.25) is 0 Å². The molecule has 1 aromatic heterocycles. The number of carbonyl (C=O) groups is 1. The van der Waals surface area contributed by atoms with Gasteiger partial charge in [0.25, 0.3) is 0 Å². The minimum absolute atomic E-state index is 0.230. The molecule has 2 heteroatoms. The van der Waals surface area contributed by atoms with Gasteiger partial charge in [0, 0.05) is 24.2 Å². The molecule has 0 spiro atoms. The molecule has 1 unspecified atom stereocenters. The Balaban J connectivity index is 1.95. The fourth-order valence-electron chi connectivity index (χ4n) is 1.80. The highest BCUT2D eigenvalue weighted by Crippen LogP contribution is 2.37. The summed E-state index contributed by atoms with van der Waals surface area (Å²) < 4.78 is 0. The summed E-state index contributed by atoms with van der Waals surface area (Å²) in [6.45, 7) is 4.06. The molecule has 1 heterocycles. The Labute approximate surface area is 90.7 Å². The maximum absolute atomic E-state index is 11.8. The average Bonchev–Trinajstić information content (AvgIpc) is 3.04. The van der Waals surface area contributed by atoms with Crippen LogP contribution in [0.4, 0.5) is 0 Å². The number of Topliss-reactive ketones (excluding diaryl/α,β-unsaturated/α-hetero) is 1. The van der Waals surface area contributed by atoms with Crippen molar-refractivity contribution in [3.05, 3.63) is 29.6 Å². The molecule has 1 aliphatic rings. The molecule has 0 aromatic carbocycles. The maximum Gasteiger partial charge on any atom is 0.141 e. The van der Waals surface area contributed by atoms with E-state index in [1.165, 1.54) is 12.8 Å². The first-order valence-electron chi connectivity index (χ1n) is 5.61. The number of carbonyl (C=O) groups excluding carboxylic acids is 1. The van der Waals surface area contributed by atoms with Crippen molar-refractivity contribution < 1.29 is 4.79 Å². The molecule has 1 atom stereocenters. The van der Waals surface area contributed by atoms with Gasteiger partial charge in [-0.05, 0) is 37.3 Å². The standard InChI is InChI=1S/C13H17NO/c1-9-3-6-12(14-8-9)7-13(15)10(2)11-4-5-11/h3,6,8,10-11H,4-5,7H2,1-2H3. The molecule has 0 bridgehead atoms. The second kappa shape index (κ2) is 4.13. The summed E-state index contributed by atoms with van der Waals surface area (Å²) in [5, 5.41) is 0. The topological polar surface area (TPSA) is 30.0 Å². The van der Waals surface area contributed by atoms with Crippen molar-refractivity contribution in [2.45, 2.75) is 33.1 Å². The molecular weight excluding hydrogens is 186 g/mol. The molecule has 1 aliphatic carbocycles. The molecule has 1 fully saturated rings. The number of aromatic nitrogens is 1. The van der Waals surface area contributed by atoms with Crippen LogP contribution in [0.25, 0.3) is 0 Å². The quantitative estimate of drug-likeness (QED) is 0.752. The highest BCUT2D eigenvalue weighted by atomic mass is 16.1. The Morgan fingerprint density at radius 3 is 2.80 bits per heavy atom. The molecule has 1 saturated carbocycles. The number of hydrogen-bond donors (Lipinski definition) is 0. The third-order valence-corrected chi connectivity index (χ3v) is 3.16. The van der Waals surface area contributed by atoms with Crippen molar-refractivity contribution in [1.29, 1.82) is 0 Å². The highest BCUT2D eigenvalue weighted by Gasteiger charge is 2.32. The van der Waals surface area contributed by atoms with E-state index in [9.17, 15) is 4.79 Å². The van der Waals surface area contributed by atoms with Crippen LogP contribution >= 0.6 is 0 Å². The van der Waals surface area contributed by atoms with Crippen molar-refractivity contribution in [1.82, 2.24) is 4.98 Å². The molecule has 1 aromatic rings. The van der Waals surface area contributed by atoms with Crippen LogP contribution in [0, 0.1) is 18.8 Å². The van der Waals surface area contributed by atoms with Crippen LogP contribution < -0.4 is 0 Å². The monoisotopic (exact) mass is 203 g/mol. The fourth-order valence-corrected chi connectivity index (χ4v) is 1.80. The lowest BCUT2D eigenvalue weighted by Gasteiger charge is -2.08. The summed E-state index contributed by atoms with van der Waals surface area (Å²) >= 11 is 0. The molecule has 0 saturated heterocycles. The smallest absolute Gasteiger partial charge is 0.141 e. The molecule has 15 heavy (non-hydrogen) atoms. The summed E-state index contributed by atoms with van der Waals surface area (Å²) in [5.41, 5.74) is 2.04. The second-order valence-corrected chi connectivity index (χ2v) is 4.60. The number of hydrogen-bond acceptors (Lipinski definition) is 2. The van der Waals surface area contributed by atoms with Gasteiger partial charge in [0.15, 0.2) is 0 Å². The normalized spacial score (nSPS) is 17.5. The molecule has 0 N–H and O–H groups in total. The summed E-state index contributed by atoms with van der Waals surface area (Å²) in [4.78, 5) is 16.1. The summed E-state index contributed by atoms with van der Waals surface area (Å²) in [7, 11) is 0. The van der Waals surface area contributed by atoms with Crippen LogP contribution in [-0.4, -0.2) is 10.8 Å². The minimum Gasteiger partial charge on any atom is -0.299 e. The third kappa shape index (κ3) is 2.65. The maximum atomic E-state index is 11.8. The van der Waals surface area contributed by atoms with E-state index in [4.69, 9.17) is 0 Å². The van der Waals surface area contributed by atoms with Crippen LogP contribution in [0.5, 0.6) is 0 Å². The zero-order valence-electron chi connectivity index (χ0n) is 9.36. The van der Waals surface area contributed by atoms with E-state index < -0.39 is 0 Å². The molecule has 0 aliphatic heterocycles. The van der Waals surface area contributed by atoms with Crippen LogP contribution in [0.15, 0.2) is 18.3 Å². The number of rotatable bonds is 4. The van der Waals surface area contributed by atoms with E-state index in [2.05, 4.69) is 4.98 Å². The van der Waals surface area contributed by atoms with Gasteiger partial charge >= 0.3 is 0 Å². The Morgan fingerprint density at radius 1 is 1.53 bits per heavy atom. The van der Waals surface area contributed by atoms with Gasteiger partial charge in [-0.2, -0.15) is 0 Å². The number of nitrogens with zero attached hydrogens (tertiary/aromatic N) is 1. The average molecular weight is 203 g/mol. The summed E-state index contributed by atoms with van der Waals surface area (Å²) in [6, 6.07) is 3.96. The Bertz CT molecular complexity index is 351. The number of ketones is 1. The highest BCUT2D eigenvalue weighted by molar-refractivity contribution is 5.83. The van der Waals surface area contributed by atoms with Crippen molar-refractivity contribution in [2.24, 2.45) is 11.8 Å². The van der Waals surface area contributed by atoms with Crippen LogP contribution in [0.1, 0.15) is 31.0 Å². The zero-order valence-corrected chi connectivity index (χ0v) is 9.36. The lowest BCUT2D eigenvalue weighted by atomic mass is 9.97. The summed E-state index contributed by atoms with van der Waals surface area (Å²) in [5.74, 6) is 1.23. The molecule has 0 radical (unpaired) electrons. The molecule has 80 valence electrons. The van der Waals surface area contributed by atoms with Gasteiger partial charge < -0.3 is 0 Å². The van der Waals surface area contributed by atoms with E-state index >= 15 is 0 Å². The van der Waals surface area contributed by atoms with E-state index in [0.29, 0.717) is 18.1 Å². The molecule has 2 nitrogen and oxygen atoms in total. The van der Waals surface area contributed by atoms with Gasteiger partial charge in [-0.1, -0.05) is 13.0 Å². The fraction of sp³-hybridized carbons (Fsp3) is 0.538. The predicted molar refractivity (Wildman–Crippen MR) is 59.6 cm³/mol. The third-order valence-electron chi connectivity index (χ3n) is 3.16. The van der Waals surface area contributed by atoms with E-state index in [0.717, 1.165) is 11.3 Å². The van der Waals surface area contributed by atoms with Crippen LogP contribution in [0.2, 0.25) is 0 Å². The molecule has 0 amide bonds. The van der Waals surface area contributed by atoms with E-state index in [1.807, 2.05) is 32.2 Å². The number of aryl methyl sites for hydroxylation is 1. The Morgan fingerprint density at radius 2 is 2.27 bits per heavy atom. The van der Waals surface area contributed by atoms with Crippen molar-refractivity contribution in [2.75, 3.05) is 0 Å². The van der Waals surface area contributed by atoms with Gasteiger partial charge in [-0.3, -0.25) is 9.78 Å². The van der Waals surface area contributed by atoms with Gasteiger partial charge in [0.1, 0.15) is 5.78 Å². The van der Waals surface area contributed by atoms with Crippen LogP contribution in [0.3, 0.4) is 0 Å². The van der Waals surface area contributed by atoms with Crippen molar-refractivity contribution in [3.63, 3.8) is 0 Å². The molecule has 2 rings (SSSR count). The van der Waals surface area contributed by atoms with Crippen molar-refractivity contribution >= 4 is 5.78 Å². The van der Waals surface area contributed by atoms with Gasteiger partial charge in [-0.25, -0.2) is 0 Å². The lowest BCUT2D eigenvalue weighted by Crippen LogP contribution is -2.16.